The highest BCUT2D eigenvalue weighted by Gasteiger charge is 2.48. The zero-order valence-electron chi connectivity index (χ0n) is 17.4. The molecule has 0 bridgehead atoms. The van der Waals surface area contributed by atoms with Gasteiger partial charge in [-0.2, -0.15) is 5.26 Å². The summed E-state index contributed by atoms with van der Waals surface area (Å²) in [6.45, 7) is -0.221. The minimum absolute atomic E-state index is 0.185. The summed E-state index contributed by atoms with van der Waals surface area (Å²) in [6.07, 6.45) is 1.51. The van der Waals surface area contributed by atoms with E-state index >= 15 is 0 Å². The molecule has 164 valence electrons. The molecule has 1 aliphatic heterocycles. The van der Waals surface area contributed by atoms with Gasteiger partial charge in [0.1, 0.15) is 17.9 Å². The first-order chi connectivity index (χ1) is 15.4. The second-order valence-corrected chi connectivity index (χ2v) is 8.06. The highest BCUT2D eigenvalue weighted by Crippen LogP contribution is 2.39. The monoisotopic (exact) mass is 436 g/mol. The molecule has 2 aromatic carbocycles. The normalized spacial score (nSPS) is 17.4. The van der Waals surface area contributed by atoms with Gasteiger partial charge in [-0.3, -0.25) is 14.6 Å². The minimum atomic E-state index is -2.64. The Labute approximate surface area is 184 Å². The number of benzene rings is 2. The fourth-order valence-electron chi connectivity index (χ4n) is 4.34. The SMILES string of the molecule is N#Cc1ccc(C2=NC3(CCCCC3)N(CC(=O)Nc3cccc(C(F)F)c3)C2=O)cc1. The van der Waals surface area contributed by atoms with E-state index in [0.29, 0.717) is 24.0 Å². The van der Waals surface area contributed by atoms with Gasteiger partial charge in [-0.05, 0) is 49.9 Å². The third-order valence-electron chi connectivity index (χ3n) is 5.94. The van der Waals surface area contributed by atoms with Crippen LogP contribution in [0.4, 0.5) is 14.5 Å². The molecule has 0 radical (unpaired) electrons. The lowest BCUT2D eigenvalue weighted by molar-refractivity contribution is -0.134. The van der Waals surface area contributed by atoms with Crippen molar-refractivity contribution in [3.8, 4) is 6.07 Å². The first kappa shape index (κ1) is 21.6. The average molecular weight is 436 g/mol. The molecule has 1 saturated carbocycles. The number of halogens is 2. The largest absolute Gasteiger partial charge is 0.325 e. The van der Waals surface area contributed by atoms with Crippen LogP contribution in [0.3, 0.4) is 0 Å². The van der Waals surface area contributed by atoms with E-state index in [1.165, 1.54) is 29.2 Å². The molecule has 1 heterocycles. The lowest BCUT2D eigenvalue weighted by Gasteiger charge is -2.38. The molecule has 2 aromatic rings. The Bertz CT molecular complexity index is 1100. The highest BCUT2D eigenvalue weighted by molar-refractivity contribution is 6.47. The van der Waals surface area contributed by atoms with E-state index in [2.05, 4.69) is 5.32 Å². The first-order valence-corrected chi connectivity index (χ1v) is 10.5. The highest BCUT2D eigenvalue weighted by atomic mass is 19.3. The Morgan fingerprint density at radius 2 is 1.88 bits per heavy atom. The smallest absolute Gasteiger partial charge is 0.275 e. The Kier molecular flexibility index (Phi) is 5.99. The van der Waals surface area contributed by atoms with Crippen molar-refractivity contribution in [2.24, 2.45) is 4.99 Å². The fraction of sp³-hybridized carbons (Fsp3) is 0.333. The predicted octanol–water partition coefficient (Wildman–Crippen LogP) is 4.43. The molecule has 6 nitrogen and oxygen atoms in total. The molecule has 2 amide bonds. The van der Waals surface area contributed by atoms with Gasteiger partial charge in [-0.1, -0.05) is 30.7 Å². The Morgan fingerprint density at radius 1 is 1.16 bits per heavy atom. The molecule has 4 rings (SSSR count). The molecular formula is C24H22F2N4O2. The summed E-state index contributed by atoms with van der Waals surface area (Å²) in [5.74, 6) is -0.806. The summed E-state index contributed by atoms with van der Waals surface area (Å²) in [7, 11) is 0. The van der Waals surface area contributed by atoms with Crippen LogP contribution in [-0.4, -0.2) is 34.6 Å². The van der Waals surface area contributed by atoms with E-state index in [0.717, 1.165) is 19.3 Å². The predicted molar refractivity (Wildman–Crippen MR) is 115 cm³/mol. The van der Waals surface area contributed by atoms with Crippen LogP contribution in [-0.2, 0) is 9.59 Å². The van der Waals surface area contributed by atoms with Crippen LogP contribution in [0, 0.1) is 11.3 Å². The molecule has 0 unspecified atom stereocenters. The molecule has 32 heavy (non-hydrogen) atoms. The van der Waals surface area contributed by atoms with Crippen LogP contribution in [0.5, 0.6) is 0 Å². The molecule has 0 saturated heterocycles. The molecular weight excluding hydrogens is 414 g/mol. The van der Waals surface area contributed by atoms with Crippen molar-refractivity contribution >= 4 is 23.2 Å². The van der Waals surface area contributed by atoms with E-state index < -0.39 is 18.0 Å². The molecule has 8 heteroatoms. The first-order valence-electron chi connectivity index (χ1n) is 10.5. The van der Waals surface area contributed by atoms with Gasteiger partial charge in [0.25, 0.3) is 12.3 Å². The fourth-order valence-corrected chi connectivity index (χ4v) is 4.34. The van der Waals surface area contributed by atoms with Crippen molar-refractivity contribution < 1.29 is 18.4 Å². The molecule has 0 atom stereocenters. The Hall–Kier alpha value is -3.60. The maximum atomic E-state index is 13.3. The number of hydrogen-bond acceptors (Lipinski definition) is 4. The third kappa shape index (κ3) is 4.24. The van der Waals surface area contributed by atoms with Crippen LogP contribution in [0.15, 0.2) is 53.5 Å². The number of carbonyl (C=O) groups is 2. The number of rotatable bonds is 5. The van der Waals surface area contributed by atoms with Crippen LogP contribution in [0.2, 0.25) is 0 Å². The molecule has 1 fully saturated rings. The van der Waals surface area contributed by atoms with Gasteiger partial charge in [0, 0.05) is 16.8 Å². The lowest BCUT2D eigenvalue weighted by Crippen LogP contribution is -2.51. The minimum Gasteiger partial charge on any atom is -0.325 e. The Morgan fingerprint density at radius 3 is 2.53 bits per heavy atom. The topological polar surface area (TPSA) is 85.6 Å². The van der Waals surface area contributed by atoms with Gasteiger partial charge >= 0.3 is 0 Å². The number of nitriles is 1. The molecule has 1 spiro atoms. The van der Waals surface area contributed by atoms with Crippen molar-refractivity contribution in [2.75, 3.05) is 11.9 Å². The number of aliphatic imine (C=N–C) groups is 1. The number of nitrogens with one attached hydrogen (secondary N) is 1. The van der Waals surface area contributed by atoms with E-state index in [1.54, 1.807) is 24.3 Å². The number of carbonyl (C=O) groups excluding carboxylic acids is 2. The molecule has 2 aliphatic rings. The number of hydrogen-bond donors (Lipinski definition) is 1. The van der Waals surface area contributed by atoms with Gasteiger partial charge in [-0.25, -0.2) is 8.78 Å². The van der Waals surface area contributed by atoms with Gasteiger partial charge < -0.3 is 10.2 Å². The second-order valence-electron chi connectivity index (χ2n) is 8.06. The van der Waals surface area contributed by atoms with E-state index in [9.17, 15) is 18.4 Å². The lowest BCUT2D eigenvalue weighted by atomic mass is 9.88. The van der Waals surface area contributed by atoms with Gasteiger partial charge in [0.2, 0.25) is 5.91 Å². The van der Waals surface area contributed by atoms with E-state index in [1.807, 2.05) is 6.07 Å². The zero-order chi connectivity index (χ0) is 22.7. The molecule has 1 aliphatic carbocycles. The van der Waals surface area contributed by atoms with Crippen LogP contribution in [0.25, 0.3) is 0 Å². The quantitative estimate of drug-likeness (QED) is 0.753. The van der Waals surface area contributed by atoms with Crippen molar-refractivity contribution in [3.63, 3.8) is 0 Å². The number of amides is 2. The molecule has 0 aromatic heterocycles. The van der Waals surface area contributed by atoms with Crippen LogP contribution in [0.1, 0.15) is 55.2 Å². The molecule has 1 N–H and O–H groups in total. The van der Waals surface area contributed by atoms with Crippen molar-refractivity contribution in [3.05, 3.63) is 65.2 Å². The van der Waals surface area contributed by atoms with Gasteiger partial charge in [0.15, 0.2) is 0 Å². The summed E-state index contributed by atoms with van der Waals surface area (Å²) in [6, 6.07) is 14.2. The van der Waals surface area contributed by atoms with Gasteiger partial charge in [-0.15, -0.1) is 0 Å². The summed E-state index contributed by atoms with van der Waals surface area (Å²) < 4.78 is 25.9. The summed E-state index contributed by atoms with van der Waals surface area (Å²) in [4.78, 5) is 32.4. The third-order valence-corrected chi connectivity index (χ3v) is 5.94. The summed E-state index contributed by atoms with van der Waals surface area (Å²) in [5.41, 5.74) is 0.659. The van der Waals surface area contributed by atoms with Crippen LogP contribution >= 0.6 is 0 Å². The average Bonchev–Trinajstić information content (AvgIpc) is 3.05. The number of nitrogens with zero attached hydrogens (tertiary/aromatic N) is 3. The standard InChI is InChI=1S/C24H22F2N4O2/c25-22(26)18-5-4-6-19(13-18)28-20(31)15-30-23(32)21(17-9-7-16(14-27)8-10-17)29-24(30)11-2-1-3-12-24/h4-10,13,22H,1-3,11-12,15H2,(H,28,31). The van der Waals surface area contributed by atoms with Gasteiger partial charge in [0.05, 0.1) is 11.6 Å². The number of alkyl halides is 2. The van der Waals surface area contributed by atoms with E-state index in [4.69, 9.17) is 10.3 Å². The summed E-state index contributed by atoms with van der Waals surface area (Å²) in [5, 5.41) is 11.6. The van der Waals surface area contributed by atoms with Crippen LogP contribution < -0.4 is 5.32 Å². The van der Waals surface area contributed by atoms with Crippen molar-refractivity contribution in [2.45, 2.75) is 44.2 Å². The van der Waals surface area contributed by atoms with Crippen molar-refractivity contribution in [1.82, 2.24) is 4.90 Å². The van der Waals surface area contributed by atoms with Crippen molar-refractivity contribution in [1.29, 1.82) is 5.26 Å². The zero-order valence-corrected chi connectivity index (χ0v) is 17.4. The number of anilines is 1. The maximum absolute atomic E-state index is 13.3. The maximum Gasteiger partial charge on any atom is 0.275 e. The van der Waals surface area contributed by atoms with E-state index in [-0.39, 0.29) is 29.4 Å². The summed E-state index contributed by atoms with van der Waals surface area (Å²) >= 11 is 0. The second kappa shape index (κ2) is 8.87. The Balaban J connectivity index is 1.57.